The van der Waals surface area contributed by atoms with Crippen LogP contribution in [0, 0.1) is 6.92 Å². The minimum Gasteiger partial charge on any atom is -0.336 e. The maximum absolute atomic E-state index is 12.6. The third-order valence-corrected chi connectivity index (χ3v) is 3.41. The molecule has 0 aromatic carbocycles. The number of hydrogen-bond acceptors (Lipinski definition) is 5. The molecule has 3 heterocycles. The Morgan fingerprint density at radius 3 is 2.68 bits per heavy atom. The van der Waals surface area contributed by atoms with Gasteiger partial charge in [-0.15, -0.1) is 0 Å². The molecular formula is C16H16N4O2. The van der Waals surface area contributed by atoms with Crippen LogP contribution >= 0.6 is 0 Å². The van der Waals surface area contributed by atoms with Crippen LogP contribution in [0.5, 0.6) is 0 Å². The average Bonchev–Trinajstić information content (AvgIpc) is 2.89. The van der Waals surface area contributed by atoms with E-state index in [9.17, 15) is 4.79 Å². The van der Waals surface area contributed by atoms with Crippen molar-refractivity contribution in [2.24, 2.45) is 0 Å². The summed E-state index contributed by atoms with van der Waals surface area (Å²) in [5, 5.41) is 7.43. The molecule has 0 aliphatic rings. The number of hydrogen-bond donors (Lipinski definition) is 1. The largest absolute Gasteiger partial charge is 0.336 e. The van der Waals surface area contributed by atoms with Crippen LogP contribution in [0.1, 0.15) is 41.5 Å². The Labute approximate surface area is 127 Å². The molecule has 6 heteroatoms. The number of amides is 1. The summed E-state index contributed by atoms with van der Waals surface area (Å²) in [6.45, 7) is 5.83. The fourth-order valence-electron chi connectivity index (χ4n) is 2.22. The smallest absolute Gasteiger partial charge is 0.259 e. The molecular weight excluding hydrogens is 280 g/mol. The Morgan fingerprint density at radius 2 is 2.00 bits per heavy atom. The highest BCUT2D eigenvalue weighted by atomic mass is 16.5. The number of anilines is 1. The minimum atomic E-state index is -0.216. The second kappa shape index (κ2) is 5.55. The van der Waals surface area contributed by atoms with E-state index in [-0.39, 0.29) is 11.8 Å². The van der Waals surface area contributed by atoms with Crippen LogP contribution in [-0.2, 0) is 0 Å². The van der Waals surface area contributed by atoms with Gasteiger partial charge in [-0.05, 0) is 31.0 Å². The SMILES string of the molecule is Cc1noc2nc(C(C)C)cc(C(=O)Nc3ccncc3)c12. The van der Waals surface area contributed by atoms with E-state index >= 15 is 0 Å². The number of fused-ring (bicyclic) bond motifs is 1. The van der Waals surface area contributed by atoms with Crippen LogP contribution in [0.4, 0.5) is 5.69 Å². The summed E-state index contributed by atoms with van der Waals surface area (Å²) in [5.41, 5.74) is 3.04. The van der Waals surface area contributed by atoms with Crippen LogP contribution in [-0.4, -0.2) is 21.0 Å². The number of aromatic nitrogens is 3. The fraction of sp³-hybridized carbons (Fsp3) is 0.250. The van der Waals surface area contributed by atoms with Gasteiger partial charge in [0.1, 0.15) is 0 Å². The standard InChI is InChI=1S/C16H16N4O2/c1-9(2)13-8-12(14-10(3)20-22-16(14)19-13)15(21)18-11-4-6-17-7-5-11/h4-9H,1-3H3,(H,17,18,21). The van der Waals surface area contributed by atoms with E-state index < -0.39 is 0 Å². The first-order chi connectivity index (χ1) is 10.6. The third kappa shape index (κ3) is 2.55. The zero-order chi connectivity index (χ0) is 15.7. The second-order valence-electron chi connectivity index (χ2n) is 5.39. The van der Waals surface area contributed by atoms with E-state index in [1.54, 1.807) is 37.5 Å². The van der Waals surface area contributed by atoms with Crippen molar-refractivity contribution >= 4 is 22.7 Å². The van der Waals surface area contributed by atoms with Gasteiger partial charge < -0.3 is 9.84 Å². The summed E-state index contributed by atoms with van der Waals surface area (Å²) >= 11 is 0. The maximum Gasteiger partial charge on any atom is 0.259 e. The number of aryl methyl sites for hydroxylation is 1. The van der Waals surface area contributed by atoms with Gasteiger partial charge in [-0.25, -0.2) is 4.98 Å². The van der Waals surface area contributed by atoms with Gasteiger partial charge in [-0.3, -0.25) is 9.78 Å². The lowest BCUT2D eigenvalue weighted by molar-refractivity contribution is 0.102. The van der Waals surface area contributed by atoms with E-state index in [1.807, 2.05) is 13.8 Å². The van der Waals surface area contributed by atoms with E-state index in [0.29, 0.717) is 28.0 Å². The van der Waals surface area contributed by atoms with Crippen molar-refractivity contribution in [1.29, 1.82) is 0 Å². The number of pyridine rings is 2. The third-order valence-electron chi connectivity index (χ3n) is 3.41. The van der Waals surface area contributed by atoms with Gasteiger partial charge in [0.15, 0.2) is 0 Å². The van der Waals surface area contributed by atoms with Gasteiger partial charge in [0.05, 0.1) is 16.6 Å². The van der Waals surface area contributed by atoms with Crippen molar-refractivity contribution in [3.8, 4) is 0 Å². The summed E-state index contributed by atoms with van der Waals surface area (Å²) in [6, 6.07) is 5.27. The molecule has 0 radical (unpaired) electrons. The molecule has 3 aromatic rings. The molecule has 0 bridgehead atoms. The van der Waals surface area contributed by atoms with Crippen LogP contribution in [0.2, 0.25) is 0 Å². The van der Waals surface area contributed by atoms with Crippen molar-refractivity contribution in [3.63, 3.8) is 0 Å². The highest BCUT2D eigenvalue weighted by Crippen LogP contribution is 2.25. The first-order valence-corrected chi connectivity index (χ1v) is 7.04. The molecule has 0 saturated carbocycles. The Balaban J connectivity index is 2.08. The molecule has 1 N–H and O–H groups in total. The van der Waals surface area contributed by atoms with Gasteiger partial charge in [-0.1, -0.05) is 19.0 Å². The summed E-state index contributed by atoms with van der Waals surface area (Å²) in [4.78, 5) is 21.0. The summed E-state index contributed by atoms with van der Waals surface area (Å²) in [5.74, 6) is -0.0333. The van der Waals surface area contributed by atoms with E-state index in [0.717, 1.165) is 5.69 Å². The number of carbonyl (C=O) groups is 1. The molecule has 22 heavy (non-hydrogen) atoms. The van der Waals surface area contributed by atoms with Gasteiger partial charge >= 0.3 is 0 Å². The highest BCUT2D eigenvalue weighted by Gasteiger charge is 2.19. The first-order valence-electron chi connectivity index (χ1n) is 7.04. The molecule has 0 unspecified atom stereocenters. The Hall–Kier alpha value is -2.76. The lowest BCUT2D eigenvalue weighted by Crippen LogP contribution is -2.13. The number of rotatable bonds is 3. The molecule has 0 fully saturated rings. The lowest BCUT2D eigenvalue weighted by Gasteiger charge is -2.09. The molecule has 0 saturated heterocycles. The molecule has 3 aromatic heterocycles. The average molecular weight is 296 g/mol. The molecule has 112 valence electrons. The molecule has 0 aliphatic carbocycles. The van der Waals surface area contributed by atoms with Crippen molar-refractivity contribution in [2.75, 3.05) is 5.32 Å². The monoisotopic (exact) mass is 296 g/mol. The van der Waals surface area contributed by atoms with Crippen LogP contribution in [0.25, 0.3) is 11.1 Å². The molecule has 3 rings (SSSR count). The second-order valence-corrected chi connectivity index (χ2v) is 5.39. The van der Waals surface area contributed by atoms with Crippen LogP contribution < -0.4 is 5.32 Å². The van der Waals surface area contributed by atoms with Crippen LogP contribution in [0.15, 0.2) is 35.1 Å². The Kier molecular flexibility index (Phi) is 3.58. The number of nitrogens with zero attached hydrogens (tertiary/aromatic N) is 3. The quantitative estimate of drug-likeness (QED) is 0.802. The number of carbonyl (C=O) groups excluding carboxylic acids is 1. The van der Waals surface area contributed by atoms with Crippen molar-refractivity contribution < 1.29 is 9.32 Å². The predicted molar refractivity (Wildman–Crippen MR) is 82.8 cm³/mol. The van der Waals surface area contributed by atoms with E-state index in [2.05, 4.69) is 20.4 Å². The van der Waals surface area contributed by atoms with Crippen molar-refractivity contribution in [2.45, 2.75) is 26.7 Å². The van der Waals surface area contributed by atoms with Gasteiger partial charge in [0.2, 0.25) is 0 Å². The lowest BCUT2D eigenvalue weighted by atomic mass is 10.0. The first kappa shape index (κ1) is 14.2. The molecule has 1 amide bonds. The van der Waals surface area contributed by atoms with E-state index in [4.69, 9.17) is 4.52 Å². The van der Waals surface area contributed by atoms with Gasteiger partial charge in [-0.2, -0.15) is 0 Å². The zero-order valence-corrected chi connectivity index (χ0v) is 12.6. The molecule has 0 atom stereocenters. The Bertz CT molecular complexity index is 825. The molecule has 0 spiro atoms. The minimum absolute atomic E-state index is 0.183. The maximum atomic E-state index is 12.6. The summed E-state index contributed by atoms with van der Waals surface area (Å²) in [6.07, 6.45) is 3.25. The topological polar surface area (TPSA) is 80.9 Å². The Morgan fingerprint density at radius 1 is 1.27 bits per heavy atom. The van der Waals surface area contributed by atoms with Gasteiger partial charge in [0, 0.05) is 23.8 Å². The fourth-order valence-corrected chi connectivity index (χ4v) is 2.22. The molecule has 0 aliphatic heterocycles. The number of nitrogens with one attached hydrogen (secondary N) is 1. The molecule has 6 nitrogen and oxygen atoms in total. The van der Waals surface area contributed by atoms with E-state index in [1.165, 1.54) is 0 Å². The van der Waals surface area contributed by atoms with Gasteiger partial charge in [0.25, 0.3) is 11.6 Å². The van der Waals surface area contributed by atoms with Crippen molar-refractivity contribution in [1.82, 2.24) is 15.1 Å². The predicted octanol–water partition coefficient (Wildman–Crippen LogP) is 3.30. The normalized spacial score (nSPS) is 11.1. The summed E-state index contributed by atoms with van der Waals surface area (Å²) < 4.78 is 5.23. The van der Waals surface area contributed by atoms with Crippen molar-refractivity contribution in [3.05, 3.63) is 47.5 Å². The zero-order valence-electron chi connectivity index (χ0n) is 12.6. The van der Waals surface area contributed by atoms with Crippen LogP contribution in [0.3, 0.4) is 0 Å². The summed E-state index contributed by atoms with van der Waals surface area (Å²) in [7, 11) is 0. The highest BCUT2D eigenvalue weighted by molar-refractivity contribution is 6.12.